The van der Waals surface area contributed by atoms with Gasteiger partial charge in [-0.3, -0.25) is 4.79 Å². The highest BCUT2D eigenvalue weighted by Crippen LogP contribution is 1.98. The molecule has 1 amide bonds. The molecule has 0 aromatic heterocycles. The molecule has 0 heterocycles. The van der Waals surface area contributed by atoms with Gasteiger partial charge in [-0.1, -0.05) is 0 Å². The fourth-order valence-electron chi connectivity index (χ4n) is 1.32. The number of aliphatic hydroxyl groups is 1. The maximum absolute atomic E-state index is 11.4. The zero-order valence-electron chi connectivity index (χ0n) is 10.4. The molecule has 0 aliphatic rings. The summed E-state index contributed by atoms with van der Waals surface area (Å²) in [5, 5.41) is 15.1. The van der Waals surface area contributed by atoms with Gasteiger partial charge in [0.2, 0.25) is 5.91 Å². The molecular formula is C11H24N2O2. The van der Waals surface area contributed by atoms with Gasteiger partial charge >= 0.3 is 0 Å². The number of nitrogens with one attached hydrogen (secondary N) is 2. The Kier molecular flexibility index (Phi) is 5.83. The monoisotopic (exact) mass is 216 g/mol. The lowest BCUT2D eigenvalue weighted by Crippen LogP contribution is -2.46. The van der Waals surface area contributed by atoms with E-state index >= 15 is 0 Å². The summed E-state index contributed by atoms with van der Waals surface area (Å²) in [4.78, 5) is 11.4. The molecular weight excluding hydrogens is 192 g/mol. The van der Waals surface area contributed by atoms with Gasteiger partial charge in [-0.2, -0.15) is 0 Å². The zero-order valence-corrected chi connectivity index (χ0v) is 10.4. The maximum atomic E-state index is 11.4. The molecule has 0 fully saturated rings. The molecule has 90 valence electrons. The van der Waals surface area contributed by atoms with Crippen LogP contribution >= 0.6 is 0 Å². The molecule has 4 nitrogen and oxygen atoms in total. The molecule has 3 N–H and O–H groups in total. The third kappa shape index (κ3) is 9.69. The first kappa shape index (κ1) is 14.4. The molecule has 2 atom stereocenters. The van der Waals surface area contributed by atoms with Crippen LogP contribution in [-0.2, 0) is 4.79 Å². The van der Waals surface area contributed by atoms with E-state index in [-0.39, 0.29) is 23.6 Å². The van der Waals surface area contributed by atoms with Crippen molar-refractivity contribution in [2.75, 3.05) is 6.54 Å². The van der Waals surface area contributed by atoms with Crippen LogP contribution in [-0.4, -0.2) is 35.2 Å². The van der Waals surface area contributed by atoms with Crippen LogP contribution in [0.3, 0.4) is 0 Å². The molecule has 15 heavy (non-hydrogen) atoms. The first-order valence-corrected chi connectivity index (χ1v) is 5.43. The molecule has 0 aliphatic heterocycles. The van der Waals surface area contributed by atoms with Crippen molar-refractivity contribution in [2.45, 2.75) is 58.7 Å². The van der Waals surface area contributed by atoms with Gasteiger partial charge in [-0.05, 0) is 41.0 Å². The molecule has 0 spiro atoms. The number of hydrogen-bond acceptors (Lipinski definition) is 3. The Bertz CT molecular complexity index is 197. The highest BCUT2D eigenvalue weighted by atomic mass is 16.3. The second-order valence-corrected chi connectivity index (χ2v) is 5.16. The van der Waals surface area contributed by atoms with Crippen LogP contribution in [0.2, 0.25) is 0 Å². The Labute approximate surface area is 92.4 Å². The summed E-state index contributed by atoms with van der Waals surface area (Å²) < 4.78 is 0. The number of rotatable bonds is 5. The van der Waals surface area contributed by atoms with Crippen molar-refractivity contribution in [1.82, 2.24) is 10.6 Å². The van der Waals surface area contributed by atoms with Gasteiger partial charge in [0.1, 0.15) is 0 Å². The van der Waals surface area contributed by atoms with Gasteiger partial charge in [0.25, 0.3) is 0 Å². The molecule has 0 rings (SSSR count). The molecule has 4 heteroatoms. The second kappa shape index (κ2) is 6.08. The van der Waals surface area contributed by atoms with Crippen molar-refractivity contribution in [1.29, 1.82) is 0 Å². The fraction of sp³-hybridized carbons (Fsp3) is 0.909. The standard InChI is InChI=1S/C11H24N2O2/c1-8(6-9(2)14)12-7-10(15)13-11(3,4)5/h8-9,12,14H,6-7H2,1-5H3,(H,13,15). The van der Waals surface area contributed by atoms with Gasteiger partial charge in [-0.25, -0.2) is 0 Å². The fourth-order valence-corrected chi connectivity index (χ4v) is 1.32. The topological polar surface area (TPSA) is 61.4 Å². The van der Waals surface area contributed by atoms with E-state index < -0.39 is 0 Å². The molecule has 0 saturated carbocycles. The van der Waals surface area contributed by atoms with Crippen LogP contribution in [0.4, 0.5) is 0 Å². The summed E-state index contributed by atoms with van der Waals surface area (Å²) in [6.07, 6.45) is 0.321. The van der Waals surface area contributed by atoms with Gasteiger partial charge < -0.3 is 15.7 Å². The van der Waals surface area contributed by atoms with Crippen molar-refractivity contribution in [3.63, 3.8) is 0 Å². The summed E-state index contributed by atoms with van der Waals surface area (Å²) >= 11 is 0. The normalized spacial score (nSPS) is 15.9. The Balaban J connectivity index is 3.72. The highest BCUT2D eigenvalue weighted by Gasteiger charge is 2.14. The zero-order chi connectivity index (χ0) is 12.1. The minimum absolute atomic E-state index is 0.0139. The molecule has 0 saturated heterocycles. The number of aliphatic hydroxyl groups excluding tert-OH is 1. The predicted octanol–water partition coefficient (Wildman–Crippen LogP) is 0.650. The highest BCUT2D eigenvalue weighted by molar-refractivity contribution is 5.78. The van der Waals surface area contributed by atoms with E-state index in [0.29, 0.717) is 13.0 Å². The summed E-state index contributed by atoms with van der Waals surface area (Å²) in [5.41, 5.74) is -0.188. The van der Waals surface area contributed by atoms with Crippen LogP contribution in [0.5, 0.6) is 0 Å². The van der Waals surface area contributed by atoms with Crippen LogP contribution in [0.15, 0.2) is 0 Å². The third-order valence-corrected chi connectivity index (χ3v) is 1.82. The Morgan fingerprint density at radius 2 is 1.87 bits per heavy atom. The smallest absolute Gasteiger partial charge is 0.234 e. The van der Waals surface area contributed by atoms with E-state index in [9.17, 15) is 4.79 Å². The SMILES string of the molecule is CC(O)CC(C)NCC(=O)NC(C)(C)C. The Hall–Kier alpha value is -0.610. The molecule has 0 aromatic rings. The van der Waals surface area contributed by atoms with Gasteiger partial charge in [-0.15, -0.1) is 0 Å². The average molecular weight is 216 g/mol. The van der Waals surface area contributed by atoms with E-state index in [0.717, 1.165) is 0 Å². The molecule has 0 aromatic carbocycles. The van der Waals surface area contributed by atoms with Crippen molar-refractivity contribution in [3.05, 3.63) is 0 Å². The predicted molar refractivity (Wildman–Crippen MR) is 61.7 cm³/mol. The minimum Gasteiger partial charge on any atom is -0.393 e. The second-order valence-electron chi connectivity index (χ2n) is 5.16. The minimum atomic E-state index is -0.335. The Morgan fingerprint density at radius 3 is 2.27 bits per heavy atom. The van der Waals surface area contributed by atoms with E-state index in [4.69, 9.17) is 5.11 Å². The Morgan fingerprint density at radius 1 is 1.33 bits per heavy atom. The summed E-state index contributed by atoms with van der Waals surface area (Å²) in [5.74, 6) is -0.0139. The maximum Gasteiger partial charge on any atom is 0.234 e. The van der Waals surface area contributed by atoms with Crippen LogP contribution in [0, 0.1) is 0 Å². The first-order valence-electron chi connectivity index (χ1n) is 5.43. The number of amides is 1. The molecule has 2 unspecified atom stereocenters. The van der Waals surface area contributed by atoms with Crippen molar-refractivity contribution < 1.29 is 9.90 Å². The van der Waals surface area contributed by atoms with E-state index in [2.05, 4.69) is 10.6 Å². The summed E-state index contributed by atoms with van der Waals surface area (Å²) in [6.45, 7) is 9.84. The quantitative estimate of drug-likeness (QED) is 0.632. The van der Waals surface area contributed by atoms with E-state index in [1.807, 2.05) is 27.7 Å². The third-order valence-electron chi connectivity index (χ3n) is 1.82. The molecule has 0 aliphatic carbocycles. The first-order chi connectivity index (χ1) is 6.70. The number of carbonyl (C=O) groups excluding carboxylic acids is 1. The average Bonchev–Trinajstić information content (AvgIpc) is 1.96. The summed E-state index contributed by atoms with van der Waals surface area (Å²) in [7, 11) is 0. The van der Waals surface area contributed by atoms with Gasteiger partial charge in [0.15, 0.2) is 0 Å². The van der Waals surface area contributed by atoms with E-state index in [1.165, 1.54) is 0 Å². The summed E-state index contributed by atoms with van der Waals surface area (Å²) in [6, 6.07) is 0.149. The lowest BCUT2D eigenvalue weighted by Gasteiger charge is -2.22. The number of carbonyl (C=O) groups is 1. The van der Waals surface area contributed by atoms with Crippen LogP contribution < -0.4 is 10.6 Å². The van der Waals surface area contributed by atoms with Crippen LogP contribution in [0.25, 0.3) is 0 Å². The molecule has 0 radical (unpaired) electrons. The van der Waals surface area contributed by atoms with Crippen molar-refractivity contribution >= 4 is 5.91 Å². The van der Waals surface area contributed by atoms with Crippen molar-refractivity contribution in [2.24, 2.45) is 0 Å². The molecule has 0 bridgehead atoms. The lowest BCUT2D eigenvalue weighted by atomic mass is 10.1. The number of hydrogen-bond donors (Lipinski definition) is 3. The van der Waals surface area contributed by atoms with Crippen molar-refractivity contribution in [3.8, 4) is 0 Å². The van der Waals surface area contributed by atoms with Gasteiger partial charge in [0, 0.05) is 11.6 Å². The lowest BCUT2D eigenvalue weighted by molar-refractivity contribution is -0.121. The van der Waals surface area contributed by atoms with Gasteiger partial charge in [0.05, 0.1) is 12.6 Å². The van der Waals surface area contributed by atoms with Crippen LogP contribution in [0.1, 0.15) is 41.0 Å². The van der Waals surface area contributed by atoms with E-state index in [1.54, 1.807) is 6.92 Å². The largest absolute Gasteiger partial charge is 0.393 e.